The molecule has 19 heavy (non-hydrogen) atoms. The molecule has 1 atom stereocenters. The van der Waals surface area contributed by atoms with Gasteiger partial charge >= 0.3 is 0 Å². The number of hydrogen-bond acceptors (Lipinski definition) is 2. The molecule has 2 aromatic rings. The second-order valence-corrected chi connectivity index (χ2v) is 6.24. The molecule has 0 amide bonds. The molecule has 0 saturated heterocycles. The molecular formula is C14H17Br2N3. The second kappa shape index (κ2) is 6.68. The van der Waals surface area contributed by atoms with Crippen LogP contribution in [0, 0.1) is 0 Å². The summed E-state index contributed by atoms with van der Waals surface area (Å²) in [6.07, 6.45) is 3.07. The standard InChI is InChI=1S/C14H17Br2N3/c1-3-7-17-14(13-6-8-19(2)18-13)11-5-4-10(15)9-12(11)16/h4-6,8-9,14,17H,3,7H2,1-2H3. The second-order valence-electron chi connectivity index (χ2n) is 4.47. The summed E-state index contributed by atoms with van der Waals surface area (Å²) in [4.78, 5) is 0. The molecule has 0 fully saturated rings. The van der Waals surface area contributed by atoms with Crippen molar-refractivity contribution in [3.8, 4) is 0 Å². The fourth-order valence-electron chi connectivity index (χ4n) is 1.99. The molecular weight excluding hydrogens is 370 g/mol. The zero-order valence-electron chi connectivity index (χ0n) is 11.0. The van der Waals surface area contributed by atoms with Gasteiger partial charge in [0.15, 0.2) is 0 Å². The lowest BCUT2D eigenvalue weighted by Gasteiger charge is -2.18. The topological polar surface area (TPSA) is 29.9 Å². The fourth-order valence-corrected chi connectivity index (χ4v) is 3.26. The smallest absolute Gasteiger partial charge is 0.0839 e. The molecule has 0 bridgehead atoms. The molecule has 0 radical (unpaired) electrons. The lowest BCUT2D eigenvalue weighted by molar-refractivity contribution is 0.574. The van der Waals surface area contributed by atoms with E-state index in [0.29, 0.717) is 0 Å². The van der Waals surface area contributed by atoms with Gasteiger partial charge in [0.1, 0.15) is 0 Å². The number of nitrogens with one attached hydrogen (secondary N) is 1. The number of rotatable bonds is 5. The van der Waals surface area contributed by atoms with Crippen molar-refractivity contribution in [2.75, 3.05) is 6.54 Å². The average molecular weight is 387 g/mol. The molecule has 1 N–H and O–H groups in total. The Morgan fingerprint density at radius 2 is 2.11 bits per heavy atom. The van der Waals surface area contributed by atoms with Gasteiger partial charge in [0.05, 0.1) is 11.7 Å². The van der Waals surface area contributed by atoms with Crippen molar-refractivity contribution in [1.82, 2.24) is 15.1 Å². The van der Waals surface area contributed by atoms with Crippen molar-refractivity contribution >= 4 is 31.9 Å². The highest BCUT2D eigenvalue weighted by Gasteiger charge is 2.18. The highest BCUT2D eigenvalue weighted by molar-refractivity contribution is 9.11. The quantitative estimate of drug-likeness (QED) is 0.840. The summed E-state index contributed by atoms with van der Waals surface area (Å²) in [5.41, 5.74) is 2.24. The summed E-state index contributed by atoms with van der Waals surface area (Å²) >= 11 is 7.13. The van der Waals surface area contributed by atoms with Gasteiger partial charge in [-0.15, -0.1) is 0 Å². The molecule has 0 aliphatic rings. The van der Waals surface area contributed by atoms with Crippen LogP contribution in [-0.2, 0) is 7.05 Å². The third-order valence-electron chi connectivity index (χ3n) is 2.90. The van der Waals surface area contributed by atoms with Gasteiger partial charge < -0.3 is 5.32 Å². The maximum Gasteiger partial charge on any atom is 0.0839 e. The molecule has 0 saturated carbocycles. The first-order valence-corrected chi connectivity index (χ1v) is 7.88. The van der Waals surface area contributed by atoms with E-state index in [1.165, 1.54) is 5.56 Å². The number of halogens is 2. The van der Waals surface area contributed by atoms with Gasteiger partial charge in [-0.05, 0) is 36.7 Å². The number of nitrogens with zero attached hydrogens (tertiary/aromatic N) is 2. The van der Waals surface area contributed by atoms with Crippen LogP contribution in [0.4, 0.5) is 0 Å². The van der Waals surface area contributed by atoms with Gasteiger partial charge in [0.25, 0.3) is 0 Å². The van der Waals surface area contributed by atoms with E-state index in [2.05, 4.69) is 73.5 Å². The van der Waals surface area contributed by atoms with Crippen molar-refractivity contribution in [3.05, 3.63) is 50.7 Å². The van der Waals surface area contributed by atoms with E-state index in [1.54, 1.807) is 0 Å². The first-order chi connectivity index (χ1) is 9.11. The average Bonchev–Trinajstić information content (AvgIpc) is 2.78. The fraction of sp³-hybridized carbons (Fsp3) is 0.357. The van der Waals surface area contributed by atoms with Gasteiger partial charge in [-0.25, -0.2) is 0 Å². The third kappa shape index (κ3) is 3.68. The van der Waals surface area contributed by atoms with Gasteiger partial charge in [-0.2, -0.15) is 5.10 Å². The molecule has 1 aromatic carbocycles. The summed E-state index contributed by atoms with van der Waals surface area (Å²) in [5.74, 6) is 0. The predicted octanol–water partition coefficient (Wildman–Crippen LogP) is 4.03. The van der Waals surface area contributed by atoms with Crippen LogP contribution in [0.5, 0.6) is 0 Å². The maximum atomic E-state index is 4.53. The van der Waals surface area contributed by atoms with E-state index in [0.717, 1.165) is 27.6 Å². The van der Waals surface area contributed by atoms with E-state index < -0.39 is 0 Å². The van der Waals surface area contributed by atoms with E-state index in [9.17, 15) is 0 Å². The maximum absolute atomic E-state index is 4.53. The Bertz CT molecular complexity index is 551. The van der Waals surface area contributed by atoms with Crippen LogP contribution in [0.2, 0.25) is 0 Å². The van der Waals surface area contributed by atoms with Crippen LogP contribution in [0.25, 0.3) is 0 Å². The molecule has 3 nitrogen and oxygen atoms in total. The minimum absolute atomic E-state index is 0.114. The van der Waals surface area contributed by atoms with Gasteiger partial charge in [0.2, 0.25) is 0 Å². The van der Waals surface area contributed by atoms with Crippen molar-refractivity contribution in [2.45, 2.75) is 19.4 Å². The molecule has 0 aliphatic heterocycles. The first-order valence-electron chi connectivity index (χ1n) is 6.29. The SMILES string of the molecule is CCCNC(c1ccn(C)n1)c1ccc(Br)cc1Br. The normalized spacial score (nSPS) is 12.6. The molecule has 0 spiro atoms. The number of aromatic nitrogens is 2. The molecule has 5 heteroatoms. The van der Waals surface area contributed by atoms with Crippen LogP contribution in [0.15, 0.2) is 39.4 Å². The monoisotopic (exact) mass is 385 g/mol. The van der Waals surface area contributed by atoms with Crippen molar-refractivity contribution in [2.24, 2.45) is 7.05 Å². The molecule has 0 aliphatic carbocycles. The number of aryl methyl sites for hydroxylation is 1. The minimum atomic E-state index is 0.114. The lowest BCUT2D eigenvalue weighted by Crippen LogP contribution is -2.24. The summed E-state index contributed by atoms with van der Waals surface area (Å²) in [5, 5.41) is 8.08. The van der Waals surface area contributed by atoms with E-state index in [-0.39, 0.29) is 6.04 Å². The zero-order valence-corrected chi connectivity index (χ0v) is 14.2. The highest BCUT2D eigenvalue weighted by Crippen LogP contribution is 2.30. The van der Waals surface area contributed by atoms with Crippen molar-refractivity contribution < 1.29 is 0 Å². The van der Waals surface area contributed by atoms with Gasteiger partial charge in [-0.1, -0.05) is 44.8 Å². The molecule has 2 rings (SSSR count). The Morgan fingerprint density at radius 1 is 1.32 bits per heavy atom. The Hall–Kier alpha value is -0.650. The molecule has 1 heterocycles. The molecule has 1 unspecified atom stereocenters. The minimum Gasteiger partial charge on any atom is -0.305 e. The third-order valence-corrected chi connectivity index (χ3v) is 4.08. The Kier molecular flexibility index (Phi) is 5.19. The van der Waals surface area contributed by atoms with Crippen LogP contribution in [0.3, 0.4) is 0 Å². The lowest BCUT2D eigenvalue weighted by atomic mass is 10.0. The van der Waals surface area contributed by atoms with Crippen LogP contribution in [-0.4, -0.2) is 16.3 Å². The zero-order chi connectivity index (χ0) is 13.8. The Morgan fingerprint density at radius 3 is 2.68 bits per heavy atom. The summed E-state index contributed by atoms with van der Waals surface area (Å²) in [6, 6.07) is 8.42. The van der Waals surface area contributed by atoms with Crippen LogP contribution < -0.4 is 5.32 Å². The van der Waals surface area contributed by atoms with Crippen LogP contribution >= 0.6 is 31.9 Å². The molecule has 102 valence electrons. The Balaban J connectivity index is 2.36. The summed E-state index contributed by atoms with van der Waals surface area (Å²) < 4.78 is 3.99. The number of hydrogen-bond donors (Lipinski definition) is 1. The largest absolute Gasteiger partial charge is 0.305 e. The van der Waals surface area contributed by atoms with Crippen molar-refractivity contribution in [1.29, 1.82) is 0 Å². The van der Waals surface area contributed by atoms with E-state index in [1.807, 2.05) is 17.9 Å². The first kappa shape index (κ1) is 14.8. The summed E-state index contributed by atoms with van der Waals surface area (Å²) in [6.45, 7) is 3.13. The summed E-state index contributed by atoms with van der Waals surface area (Å²) in [7, 11) is 1.94. The molecule has 1 aromatic heterocycles. The van der Waals surface area contributed by atoms with Crippen LogP contribution in [0.1, 0.15) is 30.6 Å². The van der Waals surface area contributed by atoms with Gasteiger partial charge in [0, 0.05) is 22.2 Å². The Labute approximate surface area is 130 Å². The van der Waals surface area contributed by atoms with Crippen molar-refractivity contribution in [3.63, 3.8) is 0 Å². The van der Waals surface area contributed by atoms with Gasteiger partial charge in [-0.3, -0.25) is 4.68 Å². The highest BCUT2D eigenvalue weighted by atomic mass is 79.9. The van der Waals surface area contributed by atoms with E-state index in [4.69, 9.17) is 0 Å². The predicted molar refractivity (Wildman–Crippen MR) is 85.2 cm³/mol. The van der Waals surface area contributed by atoms with E-state index >= 15 is 0 Å². The number of benzene rings is 1.